The maximum absolute atomic E-state index is 13.1. The van der Waals surface area contributed by atoms with Crippen LogP contribution in [0.15, 0.2) is 24.3 Å². The minimum absolute atomic E-state index is 0.0267. The number of fused-ring (bicyclic) bond motifs is 2. The molecule has 1 aliphatic rings. The summed E-state index contributed by atoms with van der Waals surface area (Å²) in [4.78, 5) is 48.8. The number of hydrogen-bond acceptors (Lipinski definition) is 7. The molecule has 0 aromatic heterocycles. The molecule has 138 valence electrons. The van der Waals surface area contributed by atoms with Gasteiger partial charge in [0.2, 0.25) is 0 Å². The Morgan fingerprint density at radius 2 is 1.37 bits per heavy atom. The minimum atomic E-state index is -0.638. The number of ether oxygens (including phenoxy) is 3. The molecule has 3 rings (SSSR count). The van der Waals surface area contributed by atoms with Gasteiger partial charge in [0.05, 0.1) is 12.7 Å². The van der Waals surface area contributed by atoms with Gasteiger partial charge in [-0.15, -0.1) is 0 Å². The third-order valence-corrected chi connectivity index (χ3v) is 4.09. The van der Waals surface area contributed by atoms with E-state index >= 15 is 0 Å². The molecule has 0 aliphatic heterocycles. The van der Waals surface area contributed by atoms with Crippen molar-refractivity contribution in [3.05, 3.63) is 52.1 Å². The van der Waals surface area contributed by atoms with Crippen LogP contribution in [0.25, 0.3) is 0 Å². The van der Waals surface area contributed by atoms with Gasteiger partial charge in [0.25, 0.3) is 0 Å². The van der Waals surface area contributed by atoms with Gasteiger partial charge in [-0.3, -0.25) is 19.2 Å². The van der Waals surface area contributed by atoms with E-state index in [-0.39, 0.29) is 39.5 Å². The number of aryl methyl sites for hydroxylation is 1. The van der Waals surface area contributed by atoms with Crippen LogP contribution in [0, 0.1) is 6.92 Å². The molecule has 0 bridgehead atoms. The van der Waals surface area contributed by atoms with Gasteiger partial charge in [-0.2, -0.15) is 0 Å². The molecule has 2 aromatic rings. The summed E-state index contributed by atoms with van der Waals surface area (Å²) in [5, 5.41) is 0. The predicted molar refractivity (Wildman–Crippen MR) is 93.7 cm³/mol. The average molecular weight is 368 g/mol. The van der Waals surface area contributed by atoms with Crippen molar-refractivity contribution in [1.29, 1.82) is 0 Å². The van der Waals surface area contributed by atoms with Crippen LogP contribution in [0.2, 0.25) is 0 Å². The Bertz CT molecular complexity index is 1020. The molecule has 0 atom stereocenters. The van der Waals surface area contributed by atoms with E-state index in [4.69, 9.17) is 14.2 Å². The molecule has 0 radical (unpaired) electrons. The number of carbonyl (C=O) groups is 4. The van der Waals surface area contributed by atoms with Crippen molar-refractivity contribution in [2.75, 3.05) is 7.11 Å². The Hall–Kier alpha value is -3.48. The minimum Gasteiger partial charge on any atom is -0.497 e. The highest BCUT2D eigenvalue weighted by Crippen LogP contribution is 2.38. The van der Waals surface area contributed by atoms with Gasteiger partial charge >= 0.3 is 11.9 Å². The van der Waals surface area contributed by atoms with Gasteiger partial charge in [0.1, 0.15) is 17.2 Å². The molecule has 0 unspecified atom stereocenters. The molecule has 0 amide bonds. The summed E-state index contributed by atoms with van der Waals surface area (Å²) in [6, 6.07) is 5.66. The molecular formula is C20H16O7. The molecule has 7 heteroatoms. The standard InChI is InChI=1S/C20H16O7/c1-9-5-13-14(8-16(9)26-10(2)21)20(24)18-15(19(13)23)6-12(25-4)7-17(18)27-11(3)22/h5-8H,1-4H3. The third-order valence-electron chi connectivity index (χ3n) is 4.09. The molecule has 0 N–H and O–H groups in total. The fraction of sp³-hybridized carbons (Fsp3) is 0.200. The van der Waals surface area contributed by atoms with E-state index in [1.54, 1.807) is 6.92 Å². The first kappa shape index (κ1) is 18.3. The van der Waals surface area contributed by atoms with E-state index in [1.807, 2.05) is 0 Å². The molecule has 2 aromatic carbocycles. The Balaban J connectivity index is 2.24. The fourth-order valence-corrected chi connectivity index (χ4v) is 2.97. The third kappa shape index (κ3) is 3.19. The molecule has 0 heterocycles. The van der Waals surface area contributed by atoms with Gasteiger partial charge < -0.3 is 14.2 Å². The van der Waals surface area contributed by atoms with Gasteiger partial charge in [-0.25, -0.2) is 0 Å². The summed E-state index contributed by atoms with van der Waals surface area (Å²) < 4.78 is 15.4. The summed E-state index contributed by atoms with van der Waals surface area (Å²) in [5.41, 5.74) is 0.858. The molecular weight excluding hydrogens is 352 g/mol. The second-order valence-corrected chi connectivity index (χ2v) is 6.06. The lowest BCUT2D eigenvalue weighted by atomic mass is 9.82. The monoisotopic (exact) mass is 368 g/mol. The lowest BCUT2D eigenvalue weighted by Gasteiger charge is -2.21. The SMILES string of the molecule is COc1cc(OC(C)=O)c2c(c1)C(=O)c1cc(C)c(OC(C)=O)cc1C2=O. The predicted octanol–water partition coefficient (Wildman–Crippen LogP) is 2.63. The zero-order valence-corrected chi connectivity index (χ0v) is 15.2. The van der Waals surface area contributed by atoms with Crippen LogP contribution in [0.5, 0.6) is 17.2 Å². The van der Waals surface area contributed by atoms with Gasteiger partial charge in [0, 0.05) is 36.6 Å². The summed E-state index contributed by atoms with van der Waals surface area (Å²) in [6.45, 7) is 4.10. The van der Waals surface area contributed by atoms with E-state index < -0.39 is 23.5 Å². The van der Waals surface area contributed by atoms with Crippen LogP contribution in [-0.4, -0.2) is 30.6 Å². The van der Waals surface area contributed by atoms with E-state index in [2.05, 4.69) is 0 Å². The van der Waals surface area contributed by atoms with E-state index in [0.29, 0.717) is 5.56 Å². The Morgan fingerprint density at radius 1 is 0.778 bits per heavy atom. The zero-order valence-electron chi connectivity index (χ0n) is 15.2. The second-order valence-electron chi connectivity index (χ2n) is 6.06. The number of benzene rings is 2. The smallest absolute Gasteiger partial charge is 0.308 e. The van der Waals surface area contributed by atoms with Crippen molar-refractivity contribution in [2.45, 2.75) is 20.8 Å². The Kier molecular flexibility index (Phi) is 4.53. The van der Waals surface area contributed by atoms with Gasteiger partial charge in [0.15, 0.2) is 11.6 Å². The van der Waals surface area contributed by atoms with Crippen LogP contribution >= 0.6 is 0 Å². The lowest BCUT2D eigenvalue weighted by molar-refractivity contribution is -0.132. The van der Waals surface area contributed by atoms with Crippen molar-refractivity contribution < 1.29 is 33.4 Å². The van der Waals surface area contributed by atoms with Crippen LogP contribution < -0.4 is 14.2 Å². The fourth-order valence-electron chi connectivity index (χ4n) is 2.97. The second kappa shape index (κ2) is 6.68. The van der Waals surface area contributed by atoms with Crippen LogP contribution in [0.3, 0.4) is 0 Å². The first-order valence-electron chi connectivity index (χ1n) is 8.05. The molecule has 0 fully saturated rings. The van der Waals surface area contributed by atoms with E-state index in [9.17, 15) is 19.2 Å². The number of carbonyl (C=O) groups excluding carboxylic acids is 4. The highest BCUT2D eigenvalue weighted by Gasteiger charge is 2.34. The molecule has 0 saturated heterocycles. The van der Waals surface area contributed by atoms with Crippen LogP contribution in [0.4, 0.5) is 0 Å². The highest BCUT2D eigenvalue weighted by atomic mass is 16.5. The van der Waals surface area contributed by atoms with Crippen molar-refractivity contribution in [3.63, 3.8) is 0 Å². The maximum atomic E-state index is 13.1. The van der Waals surface area contributed by atoms with Crippen LogP contribution in [-0.2, 0) is 9.59 Å². The largest absolute Gasteiger partial charge is 0.497 e. The topological polar surface area (TPSA) is 96.0 Å². The first-order chi connectivity index (χ1) is 12.7. The summed E-state index contributed by atoms with van der Waals surface area (Å²) in [6.07, 6.45) is 0. The number of ketones is 2. The molecule has 0 saturated carbocycles. The number of methoxy groups -OCH3 is 1. The Labute approximate surface area is 154 Å². The van der Waals surface area contributed by atoms with Crippen LogP contribution in [0.1, 0.15) is 51.3 Å². The normalized spacial score (nSPS) is 12.1. The van der Waals surface area contributed by atoms with E-state index in [1.165, 1.54) is 45.2 Å². The van der Waals surface area contributed by atoms with Crippen molar-refractivity contribution in [2.24, 2.45) is 0 Å². The number of hydrogen-bond donors (Lipinski definition) is 0. The van der Waals surface area contributed by atoms with Crippen molar-refractivity contribution in [3.8, 4) is 17.2 Å². The van der Waals surface area contributed by atoms with E-state index in [0.717, 1.165) is 0 Å². The van der Waals surface area contributed by atoms with Gasteiger partial charge in [-0.1, -0.05) is 0 Å². The first-order valence-corrected chi connectivity index (χ1v) is 8.05. The molecule has 0 spiro atoms. The number of esters is 2. The maximum Gasteiger partial charge on any atom is 0.308 e. The molecule has 1 aliphatic carbocycles. The average Bonchev–Trinajstić information content (AvgIpc) is 2.59. The summed E-state index contributed by atoms with van der Waals surface area (Å²) >= 11 is 0. The van der Waals surface area contributed by atoms with Gasteiger partial charge in [-0.05, 0) is 30.7 Å². The zero-order chi connectivity index (χ0) is 19.9. The quantitative estimate of drug-likeness (QED) is 0.518. The van der Waals surface area contributed by atoms with Crippen molar-refractivity contribution in [1.82, 2.24) is 0 Å². The molecule has 7 nitrogen and oxygen atoms in total. The number of rotatable bonds is 3. The molecule has 27 heavy (non-hydrogen) atoms. The lowest BCUT2D eigenvalue weighted by Crippen LogP contribution is -2.23. The summed E-state index contributed by atoms with van der Waals surface area (Å²) in [7, 11) is 1.40. The summed E-state index contributed by atoms with van der Waals surface area (Å²) in [5.74, 6) is -1.69. The van der Waals surface area contributed by atoms with Crippen molar-refractivity contribution >= 4 is 23.5 Å². The highest BCUT2D eigenvalue weighted by molar-refractivity contribution is 6.29. The Morgan fingerprint density at radius 3 is 1.96 bits per heavy atom.